The standard InChI is InChI=1S/C11H9NO2S/c1-14-9-4-2-8(3-5-9)10(13)11-12-6-7-15-11/h2-7H,1H3. The Morgan fingerprint density at radius 2 is 2.07 bits per heavy atom. The maximum Gasteiger partial charge on any atom is 0.221 e. The minimum absolute atomic E-state index is 0.0485. The summed E-state index contributed by atoms with van der Waals surface area (Å²) in [4.78, 5) is 15.8. The number of rotatable bonds is 3. The molecule has 0 saturated heterocycles. The Bertz CT molecular complexity index is 448. The molecule has 0 radical (unpaired) electrons. The number of hydrogen-bond acceptors (Lipinski definition) is 4. The van der Waals surface area contributed by atoms with Gasteiger partial charge < -0.3 is 4.74 Å². The average molecular weight is 219 g/mol. The highest BCUT2D eigenvalue weighted by Crippen LogP contribution is 2.15. The molecule has 1 aromatic heterocycles. The van der Waals surface area contributed by atoms with Gasteiger partial charge in [-0.3, -0.25) is 4.79 Å². The lowest BCUT2D eigenvalue weighted by molar-refractivity contribution is 0.103. The summed E-state index contributed by atoms with van der Waals surface area (Å²) in [5, 5.41) is 2.30. The smallest absolute Gasteiger partial charge is 0.221 e. The zero-order valence-corrected chi connectivity index (χ0v) is 8.95. The fourth-order valence-corrected chi connectivity index (χ4v) is 1.80. The second-order valence-corrected chi connectivity index (χ2v) is 3.79. The predicted octanol–water partition coefficient (Wildman–Crippen LogP) is 2.38. The van der Waals surface area contributed by atoms with Gasteiger partial charge in [-0.15, -0.1) is 11.3 Å². The van der Waals surface area contributed by atoms with Crippen LogP contribution >= 0.6 is 11.3 Å². The molecule has 0 N–H and O–H groups in total. The Kier molecular flexibility index (Phi) is 2.78. The molecule has 0 bridgehead atoms. The molecule has 2 rings (SSSR count). The third kappa shape index (κ3) is 2.05. The molecule has 0 amide bonds. The van der Waals surface area contributed by atoms with Crippen LogP contribution in [0.1, 0.15) is 15.4 Å². The Morgan fingerprint density at radius 1 is 1.33 bits per heavy atom. The highest BCUT2D eigenvalue weighted by atomic mass is 32.1. The summed E-state index contributed by atoms with van der Waals surface area (Å²) in [6, 6.07) is 7.01. The van der Waals surface area contributed by atoms with Crippen molar-refractivity contribution in [2.75, 3.05) is 7.11 Å². The molecule has 76 valence electrons. The molecule has 3 nitrogen and oxygen atoms in total. The molecular weight excluding hydrogens is 210 g/mol. The maximum absolute atomic E-state index is 11.8. The zero-order valence-electron chi connectivity index (χ0n) is 8.14. The van der Waals surface area contributed by atoms with E-state index < -0.39 is 0 Å². The maximum atomic E-state index is 11.8. The van der Waals surface area contributed by atoms with Crippen molar-refractivity contribution in [1.82, 2.24) is 4.98 Å². The molecule has 0 unspecified atom stereocenters. The molecule has 2 aromatic rings. The van der Waals surface area contributed by atoms with E-state index in [0.717, 1.165) is 5.75 Å². The van der Waals surface area contributed by atoms with Gasteiger partial charge in [-0.25, -0.2) is 4.98 Å². The number of methoxy groups -OCH3 is 1. The molecule has 0 aliphatic heterocycles. The summed E-state index contributed by atoms with van der Waals surface area (Å²) in [5.41, 5.74) is 0.630. The fourth-order valence-electron chi connectivity index (χ4n) is 1.20. The van der Waals surface area contributed by atoms with Gasteiger partial charge in [-0.2, -0.15) is 0 Å². The second kappa shape index (κ2) is 4.23. The Balaban J connectivity index is 2.27. The minimum Gasteiger partial charge on any atom is -0.497 e. The van der Waals surface area contributed by atoms with Crippen molar-refractivity contribution < 1.29 is 9.53 Å². The summed E-state index contributed by atoms with van der Waals surface area (Å²) in [5.74, 6) is 0.693. The summed E-state index contributed by atoms with van der Waals surface area (Å²) in [6.45, 7) is 0. The third-order valence-corrected chi connectivity index (χ3v) is 2.75. The lowest BCUT2D eigenvalue weighted by Crippen LogP contribution is -1.99. The summed E-state index contributed by atoms with van der Waals surface area (Å²) < 4.78 is 5.02. The molecule has 0 aliphatic carbocycles. The number of carbonyl (C=O) groups excluding carboxylic acids is 1. The minimum atomic E-state index is -0.0485. The number of benzene rings is 1. The monoisotopic (exact) mass is 219 g/mol. The van der Waals surface area contributed by atoms with Crippen LogP contribution < -0.4 is 4.74 Å². The lowest BCUT2D eigenvalue weighted by atomic mass is 10.1. The van der Waals surface area contributed by atoms with Crippen LogP contribution in [0.2, 0.25) is 0 Å². The quantitative estimate of drug-likeness (QED) is 0.744. The Morgan fingerprint density at radius 3 is 2.60 bits per heavy atom. The first kappa shape index (κ1) is 9.86. The molecule has 15 heavy (non-hydrogen) atoms. The largest absolute Gasteiger partial charge is 0.497 e. The van der Waals surface area contributed by atoms with Crippen molar-refractivity contribution in [3.05, 3.63) is 46.4 Å². The molecule has 0 aliphatic rings. The van der Waals surface area contributed by atoms with E-state index in [0.29, 0.717) is 10.6 Å². The first-order valence-electron chi connectivity index (χ1n) is 4.39. The molecule has 0 spiro atoms. The van der Waals surface area contributed by atoms with Crippen LogP contribution in [0.3, 0.4) is 0 Å². The average Bonchev–Trinajstić information content (AvgIpc) is 2.82. The SMILES string of the molecule is COc1ccc(C(=O)c2nccs2)cc1. The van der Waals surface area contributed by atoms with Crippen LogP contribution in [0.15, 0.2) is 35.8 Å². The second-order valence-electron chi connectivity index (χ2n) is 2.89. The number of hydrogen-bond donors (Lipinski definition) is 0. The van der Waals surface area contributed by atoms with Gasteiger partial charge in [-0.05, 0) is 24.3 Å². The number of ketones is 1. The summed E-state index contributed by atoms with van der Waals surface area (Å²) >= 11 is 1.34. The zero-order chi connectivity index (χ0) is 10.7. The van der Waals surface area contributed by atoms with Gasteiger partial charge in [0.1, 0.15) is 5.75 Å². The van der Waals surface area contributed by atoms with Crippen LogP contribution in [0.5, 0.6) is 5.75 Å². The fraction of sp³-hybridized carbons (Fsp3) is 0.0909. The highest BCUT2D eigenvalue weighted by Gasteiger charge is 2.10. The molecule has 0 atom stereocenters. The summed E-state index contributed by atoms with van der Waals surface area (Å²) in [7, 11) is 1.59. The van der Waals surface area contributed by atoms with Crippen molar-refractivity contribution in [3.63, 3.8) is 0 Å². The topological polar surface area (TPSA) is 39.2 Å². The van der Waals surface area contributed by atoms with E-state index in [9.17, 15) is 4.79 Å². The first-order valence-corrected chi connectivity index (χ1v) is 5.27. The van der Waals surface area contributed by atoms with E-state index in [-0.39, 0.29) is 5.78 Å². The number of aromatic nitrogens is 1. The van der Waals surface area contributed by atoms with Gasteiger partial charge >= 0.3 is 0 Å². The predicted molar refractivity (Wildman–Crippen MR) is 58.5 cm³/mol. The van der Waals surface area contributed by atoms with Gasteiger partial charge in [-0.1, -0.05) is 0 Å². The van der Waals surface area contributed by atoms with Crippen LogP contribution in [-0.4, -0.2) is 17.9 Å². The van der Waals surface area contributed by atoms with Crippen LogP contribution in [0, 0.1) is 0 Å². The molecule has 0 saturated carbocycles. The van der Waals surface area contributed by atoms with Gasteiger partial charge in [0.2, 0.25) is 5.78 Å². The van der Waals surface area contributed by atoms with E-state index in [1.54, 1.807) is 43.0 Å². The van der Waals surface area contributed by atoms with Crippen molar-refractivity contribution in [2.24, 2.45) is 0 Å². The van der Waals surface area contributed by atoms with Gasteiger partial charge in [0, 0.05) is 17.1 Å². The molecule has 0 fully saturated rings. The van der Waals surface area contributed by atoms with Crippen molar-refractivity contribution in [2.45, 2.75) is 0 Å². The van der Waals surface area contributed by atoms with E-state index in [2.05, 4.69) is 4.98 Å². The van der Waals surface area contributed by atoms with E-state index in [4.69, 9.17) is 4.74 Å². The molecule has 1 aromatic carbocycles. The number of nitrogens with zero attached hydrogens (tertiary/aromatic N) is 1. The summed E-state index contributed by atoms with van der Waals surface area (Å²) in [6.07, 6.45) is 1.63. The van der Waals surface area contributed by atoms with Gasteiger partial charge in [0.25, 0.3) is 0 Å². The number of thiazole rings is 1. The van der Waals surface area contributed by atoms with Gasteiger partial charge in [0.15, 0.2) is 5.01 Å². The van der Waals surface area contributed by atoms with Crippen molar-refractivity contribution in [1.29, 1.82) is 0 Å². The van der Waals surface area contributed by atoms with E-state index in [1.807, 2.05) is 0 Å². The third-order valence-electron chi connectivity index (χ3n) is 1.98. The van der Waals surface area contributed by atoms with E-state index in [1.165, 1.54) is 11.3 Å². The molecule has 4 heteroatoms. The Labute approximate surface area is 91.4 Å². The molecule has 1 heterocycles. The van der Waals surface area contributed by atoms with Crippen molar-refractivity contribution in [3.8, 4) is 5.75 Å². The highest BCUT2D eigenvalue weighted by molar-refractivity contribution is 7.11. The Hall–Kier alpha value is -1.68. The number of ether oxygens (including phenoxy) is 1. The van der Waals surface area contributed by atoms with Gasteiger partial charge in [0.05, 0.1) is 7.11 Å². The lowest BCUT2D eigenvalue weighted by Gasteiger charge is -2.00. The van der Waals surface area contributed by atoms with Crippen LogP contribution in [-0.2, 0) is 0 Å². The van der Waals surface area contributed by atoms with Crippen molar-refractivity contribution >= 4 is 17.1 Å². The van der Waals surface area contributed by atoms with E-state index >= 15 is 0 Å². The molecular formula is C11H9NO2S. The first-order chi connectivity index (χ1) is 7.31. The van der Waals surface area contributed by atoms with Crippen LogP contribution in [0.4, 0.5) is 0 Å². The normalized spacial score (nSPS) is 9.93. The number of carbonyl (C=O) groups is 1. The van der Waals surface area contributed by atoms with Crippen LogP contribution in [0.25, 0.3) is 0 Å².